The Balaban J connectivity index is 1.88. The number of carboxylic acid groups (broad SMARTS) is 1. The van der Waals surface area contributed by atoms with Crippen LogP contribution in [0.15, 0.2) is 0 Å². The number of unbranched alkanes of at least 4 members (excludes halogenated alkanes) is 8. The molecule has 2 aliphatic heterocycles. The first-order valence-electron chi connectivity index (χ1n) is 13.1. The van der Waals surface area contributed by atoms with Crippen molar-refractivity contribution in [2.45, 2.75) is 147 Å². The molecule has 0 aromatic rings. The molecule has 0 saturated carbocycles. The summed E-state index contributed by atoms with van der Waals surface area (Å²) in [7, 11) is 0. The van der Waals surface area contributed by atoms with E-state index in [2.05, 4.69) is 13.8 Å². The number of aliphatic hydroxyl groups excluding tert-OH is 2. The summed E-state index contributed by atoms with van der Waals surface area (Å²) in [5.41, 5.74) is 0. The van der Waals surface area contributed by atoms with Gasteiger partial charge < -0.3 is 34.3 Å². The molecule has 0 amide bonds. The second-order valence-corrected chi connectivity index (χ2v) is 9.53. The molecule has 2 heterocycles. The average Bonchev–Trinajstić information content (AvgIpc) is 3.56. The standard InChI is InChI=1S/C25H44O9/c1-3-5-7-9-11-13-17(15-19(26)27)31-20(28)16-18(14-12-10-8-6-4-2)32-24-22(30)21(29)23-25(33-23)34-24/h17-18,21-25,29-30H,3-16H2,1-2H3,(H,26,27)/t17-,18-,21?,22+,23-,24?,25+/m1/s1. The highest BCUT2D eigenvalue weighted by Gasteiger charge is 2.57. The van der Waals surface area contributed by atoms with Crippen LogP contribution in [0.4, 0.5) is 0 Å². The molecule has 0 bridgehead atoms. The molecule has 2 rings (SSSR count). The third kappa shape index (κ3) is 10.6. The summed E-state index contributed by atoms with van der Waals surface area (Å²) < 4.78 is 22.1. The van der Waals surface area contributed by atoms with Gasteiger partial charge in [0.25, 0.3) is 0 Å². The monoisotopic (exact) mass is 488 g/mol. The predicted octanol–water partition coefficient (Wildman–Crippen LogP) is 3.67. The van der Waals surface area contributed by atoms with Gasteiger partial charge in [-0.15, -0.1) is 0 Å². The first-order valence-corrected chi connectivity index (χ1v) is 13.1. The minimum atomic E-state index is -1.27. The molecule has 2 unspecified atom stereocenters. The summed E-state index contributed by atoms with van der Waals surface area (Å²) >= 11 is 0. The van der Waals surface area contributed by atoms with Gasteiger partial charge in [-0.25, -0.2) is 0 Å². The van der Waals surface area contributed by atoms with Crippen LogP contribution in [0, 0.1) is 0 Å². The maximum Gasteiger partial charge on any atom is 0.308 e. The van der Waals surface area contributed by atoms with Gasteiger partial charge in [0.15, 0.2) is 12.6 Å². The molecule has 2 fully saturated rings. The van der Waals surface area contributed by atoms with Crippen LogP contribution in [0.1, 0.15) is 104 Å². The van der Waals surface area contributed by atoms with Crippen LogP contribution < -0.4 is 0 Å². The maximum atomic E-state index is 12.7. The van der Waals surface area contributed by atoms with E-state index in [1.54, 1.807) is 0 Å². The number of esters is 1. The number of fused-ring (bicyclic) bond motifs is 1. The number of aliphatic carboxylic acids is 1. The van der Waals surface area contributed by atoms with Gasteiger partial charge >= 0.3 is 11.9 Å². The van der Waals surface area contributed by atoms with Gasteiger partial charge in [0, 0.05) is 0 Å². The first-order chi connectivity index (χ1) is 16.3. The number of carbonyl (C=O) groups is 2. The Kier molecular flexibility index (Phi) is 13.4. The lowest BCUT2D eigenvalue weighted by molar-refractivity contribution is -0.261. The van der Waals surface area contributed by atoms with Crippen molar-refractivity contribution in [1.29, 1.82) is 0 Å². The van der Waals surface area contributed by atoms with Crippen LogP contribution in [0.25, 0.3) is 0 Å². The van der Waals surface area contributed by atoms with E-state index in [-0.39, 0.29) is 12.8 Å². The Morgan fingerprint density at radius 2 is 1.38 bits per heavy atom. The fourth-order valence-electron chi connectivity index (χ4n) is 4.32. The number of rotatable bonds is 19. The van der Waals surface area contributed by atoms with Crippen LogP contribution in [-0.4, -0.2) is 70.4 Å². The predicted molar refractivity (Wildman–Crippen MR) is 124 cm³/mol. The molecule has 9 heteroatoms. The smallest absolute Gasteiger partial charge is 0.308 e. The highest BCUT2D eigenvalue weighted by molar-refractivity contribution is 5.72. The van der Waals surface area contributed by atoms with Crippen LogP contribution >= 0.6 is 0 Å². The summed E-state index contributed by atoms with van der Waals surface area (Å²) in [6.45, 7) is 4.27. The fraction of sp³-hybridized carbons (Fsp3) is 0.920. The molecular weight excluding hydrogens is 444 g/mol. The van der Waals surface area contributed by atoms with Crippen molar-refractivity contribution in [1.82, 2.24) is 0 Å². The van der Waals surface area contributed by atoms with Crippen LogP contribution in [0.5, 0.6) is 0 Å². The zero-order chi connectivity index (χ0) is 24.9. The molecule has 0 aromatic heterocycles. The molecule has 0 aromatic carbocycles. The first kappa shape index (κ1) is 29.0. The lowest BCUT2D eigenvalue weighted by atomic mass is 10.0. The van der Waals surface area contributed by atoms with E-state index in [0.717, 1.165) is 64.2 Å². The Morgan fingerprint density at radius 1 is 0.794 bits per heavy atom. The highest BCUT2D eigenvalue weighted by Crippen LogP contribution is 2.36. The van der Waals surface area contributed by atoms with Crippen LogP contribution in [-0.2, 0) is 28.5 Å². The quantitative estimate of drug-likeness (QED) is 0.141. The SMILES string of the molecule is CCCCCCC[C@H](CC(=O)O)OC(=O)C[C@@H](CCCCCCC)OC1O[C@@H]2O[C@@H]2C(O)[C@@H]1O. The minimum absolute atomic E-state index is 0.0721. The average molecular weight is 489 g/mol. The molecule has 198 valence electrons. The Bertz CT molecular complexity index is 599. The number of aliphatic hydroxyl groups is 2. The van der Waals surface area contributed by atoms with Crippen molar-refractivity contribution in [2.24, 2.45) is 0 Å². The molecule has 34 heavy (non-hydrogen) atoms. The molecule has 0 radical (unpaired) electrons. The number of ether oxygens (including phenoxy) is 4. The molecule has 9 nitrogen and oxygen atoms in total. The van der Waals surface area contributed by atoms with E-state index in [9.17, 15) is 24.9 Å². The third-order valence-corrected chi connectivity index (χ3v) is 6.40. The molecule has 0 aliphatic carbocycles. The number of hydrogen-bond donors (Lipinski definition) is 3. The largest absolute Gasteiger partial charge is 0.481 e. The van der Waals surface area contributed by atoms with E-state index in [1.165, 1.54) is 0 Å². The Labute approximate surface area is 203 Å². The highest BCUT2D eigenvalue weighted by atomic mass is 16.8. The molecule has 2 aliphatic rings. The van der Waals surface area contributed by atoms with Gasteiger partial charge in [-0.3, -0.25) is 9.59 Å². The van der Waals surface area contributed by atoms with Crippen molar-refractivity contribution < 1.29 is 43.9 Å². The van der Waals surface area contributed by atoms with Gasteiger partial charge in [-0.1, -0.05) is 71.6 Å². The maximum absolute atomic E-state index is 12.7. The number of carbonyl (C=O) groups excluding carboxylic acids is 1. The van der Waals surface area contributed by atoms with Crippen molar-refractivity contribution in [3.63, 3.8) is 0 Å². The number of carboxylic acids is 1. The molecule has 3 N–H and O–H groups in total. The zero-order valence-electron chi connectivity index (χ0n) is 20.7. The molecule has 2 saturated heterocycles. The van der Waals surface area contributed by atoms with Crippen LogP contribution in [0.3, 0.4) is 0 Å². The lowest BCUT2D eigenvalue weighted by Gasteiger charge is -2.32. The summed E-state index contributed by atoms with van der Waals surface area (Å²) in [6.07, 6.45) is 5.23. The second-order valence-electron chi connectivity index (χ2n) is 9.53. The lowest BCUT2D eigenvalue weighted by Crippen LogP contribution is -2.50. The van der Waals surface area contributed by atoms with Crippen molar-refractivity contribution in [2.75, 3.05) is 0 Å². The topological polar surface area (TPSA) is 135 Å². The summed E-state index contributed by atoms with van der Waals surface area (Å²) in [4.78, 5) is 23.9. The third-order valence-electron chi connectivity index (χ3n) is 6.40. The van der Waals surface area contributed by atoms with E-state index in [1.807, 2.05) is 0 Å². The minimum Gasteiger partial charge on any atom is -0.481 e. The van der Waals surface area contributed by atoms with E-state index >= 15 is 0 Å². The van der Waals surface area contributed by atoms with Crippen molar-refractivity contribution in [3.05, 3.63) is 0 Å². The molecular formula is C25H44O9. The summed E-state index contributed by atoms with van der Waals surface area (Å²) in [6, 6.07) is 0. The number of epoxide rings is 1. The summed E-state index contributed by atoms with van der Waals surface area (Å²) in [5.74, 6) is -1.52. The Morgan fingerprint density at radius 3 is 1.97 bits per heavy atom. The van der Waals surface area contributed by atoms with E-state index in [0.29, 0.717) is 12.8 Å². The van der Waals surface area contributed by atoms with Gasteiger partial charge in [-0.2, -0.15) is 0 Å². The van der Waals surface area contributed by atoms with Gasteiger partial charge in [0.2, 0.25) is 0 Å². The van der Waals surface area contributed by atoms with E-state index in [4.69, 9.17) is 18.9 Å². The van der Waals surface area contributed by atoms with Crippen molar-refractivity contribution >= 4 is 11.9 Å². The Hall–Kier alpha value is -1.26. The van der Waals surface area contributed by atoms with Gasteiger partial charge in [-0.05, 0) is 19.3 Å². The van der Waals surface area contributed by atoms with E-state index < -0.39 is 55.0 Å². The van der Waals surface area contributed by atoms with Crippen molar-refractivity contribution in [3.8, 4) is 0 Å². The molecule has 0 spiro atoms. The molecule has 7 atom stereocenters. The van der Waals surface area contributed by atoms with Gasteiger partial charge in [0.1, 0.15) is 24.4 Å². The second kappa shape index (κ2) is 15.7. The van der Waals surface area contributed by atoms with Crippen LogP contribution in [0.2, 0.25) is 0 Å². The normalized spacial score (nSPS) is 27.6. The fourth-order valence-corrected chi connectivity index (χ4v) is 4.32. The zero-order valence-corrected chi connectivity index (χ0v) is 20.7. The number of hydrogen-bond acceptors (Lipinski definition) is 8. The summed E-state index contributed by atoms with van der Waals surface area (Å²) in [5, 5.41) is 29.6. The van der Waals surface area contributed by atoms with Gasteiger partial charge in [0.05, 0.1) is 18.9 Å².